The van der Waals surface area contributed by atoms with Crippen molar-refractivity contribution >= 4 is 11.9 Å². The van der Waals surface area contributed by atoms with E-state index in [1.165, 1.54) is 18.9 Å². The van der Waals surface area contributed by atoms with Crippen LogP contribution in [0.2, 0.25) is 0 Å². The minimum Gasteiger partial charge on any atom is -0.489 e. The molecule has 0 saturated heterocycles. The molecule has 0 spiro atoms. The summed E-state index contributed by atoms with van der Waals surface area (Å²) in [5.74, 6) is -0.696. The van der Waals surface area contributed by atoms with Gasteiger partial charge in [-0.3, -0.25) is 0 Å². The zero-order valence-corrected chi connectivity index (χ0v) is 21.5. The Balaban J connectivity index is 1.64. The van der Waals surface area contributed by atoms with E-state index in [-0.39, 0.29) is 11.3 Å². The summed E-state index contributed by atoms with van der Waals surface area (Å²) >= 11 is 0. The van der Waals surface area contributed by atoms with Crippen molar-refractivity contribution in [1.82, 2.24) is 9.78 Å². The summed E-state index contributed by atoms with van der Waals surface area (Å²) in [7, 11) is 2.53. The van der Waals surface area contributed by atoms with E-state index in [2.05, 4.69) is 0 Å². The highest BCUT2D eigenvalue weighted by Gasteiger charge is 2.32. The molecule has 7 nitrogen and oxygen atoms in total. The van der Waals surface area contributed by atoms with Gasteiger partial charge in [-0.25, -0.2) is 14.3 Å². The predicted molar refractivity (Wildman–Crippen MR) is 148 cm³/mol. The normalized spacial score (nSPS) is 10.6. The average Bonchev–Trinajstić information content (AvgIpc) is 3.41. The van der Waals surface area contributed by atoms with E-state index >= 15 is 0 Å². The molecule has 1 heterocycles. The summed E-state index contributed by atoms with van der Waals surface area (Å²) < 4.78 is 17.6. The minimum absolute atomic E-state index is 0.0136. The monoisotopic (exact) mass is 518 g/mol. The molecular weight excluding hydrogens is 492 g/mol. The van der Waals surface area contributed by atoms with Crippen molar-refractivity contribution in [3.8, 4) is 33.8 Å². The van der Waals surface area contributed by atoms with Crippen LogP contribution in [0.5, 0.6) is 5.75 Å². The van der Waals surface area contributed by atoms with Gasteiger partial charge in [0.1, 0.15) is 23.6 Å². The molecule has 5 aromatic rings. The fourth-order valence-electron chi connectivity index (χ4n) is 4.38. The Morgan fingerprint density at radius 2 is 1.36 bits per heavy atom. The Morgan fingerprint density at radius 1 is 0.718 bits per heavy atom. The highest BCUT2D eigenvalue weighted by atomic mass is 16.5. The van der Waals surface area contributed by atoms with Gasteiger partial charge in [0.25, 0.3) is 0 Å². The molecule has 7 heteroatoms. The Morgan fingerprint density at radius 3 is 2.05 bits per heavy atom. The molecule has 0 unspecified atom stereocenters. The van der Waals surface area contributed by atoms with E-state index in [4.69, 9.17) is 19.3 Å². The van der Waals surface area contributed by atoms with E-state index < -0.39 is 11.9 Å². The molecule has 0 atom stereocenters. The van der Waals surface area contributed by atoms with Gasteiger partial charge in [0, 0.05) is 5.56 Å². The van der Waals surface area contributed by atoms with E-state index in [9.17, 15) is 9.59 Å². The lowest BCUT2D eigenvalue weighted by Gasteiger charge is -2.12. The summed E-state index contributed by atoms with van der Waals surface area (Å²) in [6.45, 7) is 0.433. The van der Waals surface area contributed by atoms with Crippen LogP contribution in [0.4, 0.5) is 0 Å². The number of carbonyl (C=O) groups is 2. The number of esters is 2. The molecule has 0 aliphatic rings. The van der Waals surface area contributed by atoms with Crippen molar-refractivity contribution in [1.29, 1.82) is 0 Å². The van der Waals surface area contributed by atoms with E-state index in [0.717, 1.165) is 16.7 Å². The Labute approximate surface area is 226 Å². The summed E-state index contributed by atoms with van der Waals surface area (Å²) in [5.41, 5.74) is 4.30. The van der Waals surface area contributed by atoms with Gasteiger partial charge >= 0.3 is 11.9 Å². The van der Waals surface area contributed by atoms with Crippen molar-refractivity contribution in [3.63, 3.8) is 0 Å². The van der Waals surface area contributed by atoms with Gasteiger partial charge in [0.15, 0.2) is 5.69 Å². The van der Waals surface area contributed by atoms with Crippen LogP contribution < -0.4 is 4.74 Å². The van der Waals surface area contributed by atoms with Gasteiger partial charge in [-0.2, -0.15) is 5.10 Å². The lowest BCUT2D eigenvalue weighted by Crippen LogP contribution is -2.15. The van der Waals surface area contributed by atoms with Crippen molar-refractivity contribution in [3.05, 3.63) is 126 Å². The highest BCUT2D eigenvalue weighted by Crippen LogP contribution is 2.37. The topological polar surface area (TPSA) is 79.7 Å². The van der Waals surface area contributed by atoms with Gasteiger partial charge in [-0.1, -0.05) is 84.9 Å². The predicted octanol–water partition coefficient (Wildman–Crippen LogP) is 6.36. The number of methoxy groups -OCH3 is 2. The van der Waals surface area contributed by atoms with Gasteiger partial charge in [0.05, 0.1) is 19.9 Å². The average molecular weight is 519 g/mol. The number of carbonyl (C=O) groups excluding carboxylic acids is 2. The second kappa shape index (κ2) is 11.5. The molecule has 5 rings (SSSR count). The molecule has 0 fully saturated rings. The van der Waals surface area contributed by atoms with E-state index in [0.29, 0.717) is 29.3 Å². The maximum absolute atomic E-state index is 13.1. The molecule has 0 amide bonds. The number of aromatic nitrogens is 2. The van der Waals surface area contributed by atoms with Crippen LogP contribution in [-0.4, -0.2) is 35.9 Å². The lowest BCUT2D eigenvalue weighted by molar-refractivity contribution is 0.0549. The number of rotatable bonds is 8. The first-order chi connectivity index (χ1) is 19.1. The molecular formula is C32H26N2O5. The van der Waals surface area contributed by atoms with Gasteiger partial charge in [0.2, 0.25) is 0 Å². The fraction of sp³-hybridized carbons (Fsp3) is 0.0938. The first-order valence-corrected chi connectivity index (χ1v) is 12.3. The highest BCUT2D eigenvalue weighted by molar-refractivity contribution is 6.08. The van der Waals surface area contributed by atoms with Crippen molar-refractivity contribution in [2.75, 3.05) is 14.2 Å². The van der Waals surface area contributed by atoms with Crippen LogP contribution in [0.1, 0.15) is 26.4 Å². The zero-order chi connectivity index (χ0) is 27.2. The smallest absolute Gasteiger partial charge is 0.357 e. The third-order valence-corrected chi connectivity index (χ3v) is 6.23. The van der Waals surface area contributed by atoms with Gasteiger partial charge < -0.3 is 14.2 Å². The first kappa shape index (κ1) is 25.5. The third kappa shape index (κ3) is 5.29. The van der Waals surface area contributed by atoms with Crippen molar-refractivity contribution < 1.29 is 23.8 Å². The molecule has 1 aromatic heterocycles. The molecule has 0 saturated carbocycles. The quantitative estimate of drug-likeness (QED) is 0.223. The van der Waals surface area contributed by atoms with E-state index in [1.54, 1.807) is 12.1 Å². The number of benzene rings is 4. The number of para-hydroxylation sites is 1. The Hall–Kier alpha value is -5.17. The molecule has 194 valence electrons. The molecule has 4 aromatic carbocycles. The number of ether oxygens (including phenoxy) is 3. The second-order valence-corrected chi connectivity index (χ2v) is 8.65. The van der Waals surface area contributed by atoms with E-state index in [1.807, 2.05) is 97.1 Å². The van der Waals surface area contributed by atoms with Crippen LogP contribution in [0.15, 0.2) is 109 Å². The number of nitrogens with zero attached hydrogens (tertiary/aromatic N) is 2. The molecule has 0 bridgehead atoms. The Bertz CT molecular complexity index is 1610. The molecule has 0 N–H and O–H groups in total. The zero-order valence-electron chi connectivity index (χ0n) is 21.5. The SMILES string of the molecule is COC(=O)c1c(-c2ccccc2-c2cccc(OCc3ccccc3)c2)nn(-c2ccccc2)c1C(=O)OC. The standard InChI is InChI=1S/C32H26N2O5/c1-37-31(35)28-29(33-34(30(28)32(36)38-2)24-15-7-4-8-16-24)27-19-10-9-18-26(27)23-14-11-17-25(20-23)39-21-22-12-5-3-6-13-22/h3-20H,21H2,1-2H3. The fourth-order valence-corrected chi connectivity index (χ4v) is 4.38. The third-order valence-electron chi connectivity index (χ3n) is 6.23. The molecule has 0 aliphatic carbocycles. The molecule has 39 heavy (non-hydrogen) atoms. The largest absolute Gasteiger partial charge is 0.489 e. The second-order valence-electron chi connectivity index (χ2n) is 8.65. The van der Waals surface area contributed by atoms with Crippen LogP contribution in [0.25, 0.3) is 28.1 Å². The number of hydrogen-bond donors (Lipinski definition) is 0. The van der Waals surface area contributed by atoms with Crippen molar-refractivity contribution in [2.24, 2.45) is 0 Å². The van der Waals surface area contributed by atoms with Crippen LogP contribution in [0.3, 0.4) is 0 Å². The molecule has 0 aliphatic heterocycles. The molecule has 0 radical (unpaired) electrons. The van der Waals surface area contributed by atoms with Gasteiger partial charge in [-0.15, -0.1) is 0 Å². The summed E-state index contributed by atoms with van der Waals surface area (Å²) in [5, 5.41) is 4.76. The first-order valence-electron chi connectivity index (χ1n) is 12.3. The van der Waals surface area contributed by atoms with Crippen molar-refractivity contribution in [2.45, 2.75) is 6.61 Å². The summed E-state index contributed by atoms with van der Waals surface area (Å²) in [6.07, 6.45) is 0. The summed E-state index contributed by atoms with van der Waals surface area (Å²) in [6, 6.07) is 34.3. The Kier molecular flexibility index (Phi) is 7.50. The maximum atomic E-state index is 13.1. The van der Waals surface area contributed by atoms with Crippen LogP contribution in [0, 0.1) is 0 Å². The van der Waals surface area contributed by atoms with Crippen LogP contribution >= 0.6 is 0 Å². The minimum atomic E-state index is -0.702. The summed E-state index contributed by atoms with van der Waals surface area (Å²) in [4.78, 5) is 26.1. The van der Waals surface area contributed by atoms with Gasteiger partial charge in [-0.05, 0) is 41.0 Å². The van der Waals surface area contributed by atoms with Crippen LogP contribution in [-0.2, 0) is 16.1 Å². The lowest BCUT2D eigenvalue weighted by atomic mass is 9.95. The number of hydrogen-bond acceptors (Lipinski definition) is 6. The maximum Gasteiger partial charge on any atom is 0.357 e.